The van der Waals surface area contributed by atoms with Gasteiger partial charge in [0.15, 0.2) is 0 Å². The second-order valence-electron chi connectivity index (χ2n) is 11.7. The van der Waals surface area contributed by atoms with Crippen molar-refractivity contribution in [3.8, 4) is 0 Å². The van der Waals surface area contributed by atoms with Crippen molar-refractivity contribution in [2.45, 2.75) is 76.0 Å². The highest BCUT2D eigenvalue weighted by atomic mass is 16.5. The fraction of sp³-hybridized carbons (Fsp3) is 0.679. The summed E-state index contributed by atoms with van der Waals surface area (Å²) >= 11 is 0. The molecule has 1 aromatic carbocycles. The van der Waals surface area contributed by atoms with Gasteiger partial charge in [0.2, 0.25) is 0 Å². The zero-order valence-corrected chi connectivity index (χ0v) is 22.2. The number of unbranched alkanes of at least 4 members (excludes halogenated alkanes) is 1. The van der Waals surface area contributed by atoms with E-state index in [9.17, 15) is 15.0 Å². The van der Waals surface area contributed by atoms with Crippen molar-refractivity contribution in [2.24, 2.45) is 11.7 Å². The molecule has 4 rings (SSSR count). The number of fused-ring (bicyclic) bond motifs is 1. The van der Waals surface area contributed by atoms with Crippen LogP contribution in [0.5, 0.6) is 0 Å². The Morgan fingerprint density at radius 3 is 2.64 bits per heavy atom. The number of rotatable bonds is 7. The van der Waals surface area contributed by atoms with Crippen molar-refractivity contribution in [1.29, 1.82) is 0 Å². The Hall–Kier alpha value is -2.13. The topological polar surface area (TPSA) is 112 Å². The smallest absolute Gasteiger partial charge is 0.320 e. The lowest BCUT2D eigenvalue weighted by Gasteiger charge is -2.43. The molecule has 8 heteroatoms. The van der Waals surface area contributed by atoms with E-state index in [1.165, 1.54) is 0 Å². The molecule has 2 saturated heterocycles. The molecule has 0 spiro atoms. The number of piperidine rings is 1. The molecule has 3 heterocycles. The van der Waals surface area contributed by atoms with E-state index in [1.807, 2.05) is 23.1 Å². The van der Waals surface area contributed by atoms with E-state index in [2.05, 4.69) is 26.8 Å². The Kier molecular flexibility index (Phi) is 8.00. The zero-order valence-electron chi connectivity index (χ0n) is 22.2. The number of likely N-dealkylation sites (tertiary alicyclic amines) is 2. The molecule has 0 saturated carbocycles. The van der Waals surface area contributed by atoms with Gasteiger partial charge in [0.05, 0.1) is 11.7 Å². The number of β-amino-alcohol motifs (C(OH)–C–C–N with tert-alkyl or cyclic N) is 1. The van der Waals surface area contributed by atoms with Gasteiger partial charge in [0, 0.05) is 68.2 Å². The fourth-order valence-electron chi connectivity index (χ4n) is 5.68. The molecular weight excluding hydrogens is 458 g/mol. The van der Waals surface area contributed by atoms with Crippen molar-refractivity contribution in [3.05, 3.63) is 35.6 Å². The monoisotopic (exact) mass is 501 g/mol. The predicted octanol–water partition coefficient (Wildman–Crippen LogP) is 3.57. The SMILES string of the molecule is COCCCC[C@@](O)(c1cccc2cc(C(C)(C)C)oc12)[C@@H]1CCCN(C(=O)N2C[C@@H](N)[C@@H](O)C2)C1. The molecule has 0 aliphatic carbocycles. The third kappa shape index (κ3) is 5.42. The maximum absolute atomic E-state index is 13.3. The van der Waals surface area contributed by atoms with Crippen LogP contribution in [-0.2, 0) is 15.8 Å². The summed E-state index contributed by atoms with van der Waals surface area (Å²) in [5, 5.41) is 23.5. The Balaban J connectivity index is 1.65. The Morgan fingerprint density at radius 1 is 1.19 bits per heavy atom. The van der Waals surface area contributed by atoms with E-state index in [0.717, 1.165) is 48.0 Å². The van der Waals surface area contributed by atoms with Gasteiger partial charge < -0.3 is 34.9 Å². The van der Waals surface area contributed by atoms with Crippen LogP contribution in [0.4, 0.5) is 4.79 Å². The molecule has 36 heavy (non-hydrogen) atoms. The Bertz CT molecular complexity index is 1040. The molecule has 200 valence electrons. The highest BCUT2D eigenvalue weighted by molar-refractivity contribution is 5.82. The minimum atomic E-state index is -1.15. The largest absolute Gasteiger partial charge is 0.460 e. The second-order valence-corrected chi connectivity index (χ2v) is 11.7. The van der Waals surface area contributed by atoms with Gasteiger partial charge in [-0.25, -0.2) is 4.79 Å². The third-order valence-corrected chi connectivity index (χ3v) is 7.88. The van der Waals surface area contributed by atoms with Crippen molar-refractivity contribution >= 4 is 17.0 Å². The fourth-order valence-corrected chi connectivity index (χ4v) is 5.68. The van der Waals surface area contributed by atoms with Crippen LogP contribution in [0.2, 0.25) is 0 Å². The summed E-state index contributed by atoms with van der Waals surface area (Å²) in [4.78, 5) is 16.8. The first-order chi connectivity index (χ1) is 17.0. The van der Waals surface area contributed by atoms with Gasteiger partial charge in [-0.1, -0.05) is 39.0 Å². The molecule has 4 atom stereocenters. The van der Waals surface area contributed by atoms with Gasteiger partial charge >= 0.3 is 6.03 Å². The number of urea groups is 1. The van der Waals surface area contributed by atoms with Crippen molar-refractivity contribution < 1.29 is 24.2 Å². The second kappa shape index (κ2) is 10.7. The van der Waals surface area contributed by atoms with E-state index < -0.39 is 17.7 Å². The molecule has 2 aromatic rings. The van der Waals surface area contributed by atoms with Gasteiger partial charge in [-0.2, -0.15) is 0 Å². The molecule has 0 bridgehead atoms. The van der Waals surface area contributed by atoms with E-state index >= 15 is 0 Å². The van der Waals surface area contributed by atoms with Gasteiger partial charge in [-0.3, -0.25) is 0 Å². The minimum Gasteiger partial charge on any atom is -0.460 e. The van der Waals surface area contributed by atoms with Crippen molar-refractivity contribution in [1.82, 2.24) is 9.80 Å². The molecular formula is C28H43N3O5. The van der Waals surface area contributed by atoms with Crippen LogP contribution in [0.1, 0.15) is 64.2 Å². The first kappa shape index (κ1) is 26.9. The number of ether oxygens (including phenoxy) is 1. The van der Waals surface area contributed by atoms with Gasteiger partial charge in [0.25, 0.3) is 0 Å². The summed E-state index contributed by atoms with van der Waals surface area (Å²) in [6.45, 7) is 8.68. The number of aliphatic hydroxyl groups is 2. The number of carbonyl (C=O) groups excluding carboxylic acids is 1. The maximum atomic E-state index is 13.3. The molecule has 0 unspecified atom stereocenters. The van der Waals surface area contributed by atoms with Gasteiger partial charge in [-0.15, -0.1) is 0 Å². The summed E-state index contributed by atoms with van der Waals surface area (Å²) in [6, 6.07) is 7.54. The number of para-hydroxylation sites is 1. The predicted molar refractivity (Wildman–Crippen MR) is 140 cm³/mol. The molecule has 1 aromatic heterocycles. The average molecular weight is 502 g/mol. The number of nitrogens with zero attached hydrogens (tertiary/aromatic N) is 2. The molecule has 0 radical (unpaired) electrons. The van der Waals surface area contributed by atoms with Crippen LogP contribution in [0.25, 0.3) is 11.0 Å². The van der Waals surface area contributed by atoms with Gasteiger partial charge in [0.1, 0.15) is 11.3 Å². The van der Waals surface area contributed by atoms with Crippen molar-refractivity contribution in [2.75, 3.05) is 39.9 Å². The maximum Gasteiger partial charge on any atom is 0.320 e. The molecule has 2 fully saturated rings. The highest BCUT2D eigenvalue weighted by Crippen LogP contribution is 2.44. The number of hydrogen-bond donors (Lipinski definition) is 3. The number of hydrogen-bond acceptors (Lipinski definition) is 6. The lowest BCUT2D eigenvalue weighted by Crippen LogP contribution is -2.51. The Labute approximate surface area is 214 Å². The van der Waals surface area contributed by atoms with Crippen LogP contribution in [0, 0.1) is 5.92 Å². The standard InChI is InChI=1S/C28H43N3O5/c1-27(2,3)24-15-19-9-7-11-21(25(19)36-24)28(34,12-5-6-14-35-4)20-10-8-13-30(16-20)26(33)31-17-22(29)23(32)18-31/h7,9,11,15,20,22-23,32,34H,5-6,8,10,12-14,16-18,29H2,1-4H3/t20-,22-,23+,28+/m1/s1. The van der Waals surface area contributed by atoms with E-state index in [1.54, 1.807) is 12.0 Å². The average Bonchev–Trinajstić information content (AvgIpc) is 3.44. The number of benzene rings is 1. The lowest BCUT2D eigenvalue weighted by molar-refractivity contribution is -0.0571. The van der Waals surface area contributed by atoms with Crippen LogP contribution in [-0.4, -0.2) is 78.1 Å². The summed E-state index contributed by atoms with van der Waals surface area (Å²) in [5.74, 6) is 0.740. The van der Waals surface area contributed by atoms with Crippen LogP contribution >= 0.6 is 0 Å². The first-order valence-electron chi connectivity index (χ1n) is 13.3. The first-order valence-corrected chi connectivity index (χ1v) is 13.3. The number of nitrogens with two attached hydrogens (primary N) is 1. The summed E-state index contributed by atoms with van der Waals surface area (Å²) in [6.07, 6.45) is 3.13. The summed E-state index contributed by atoms with van der Waals surface area (Å²) in [7, 11) is 1.69. The molecule has 4 N–H and O–H groups in total. The number of methoxy groups -OCH3 is 1. The molecule has 2 aliphatic rings. The van der Waals surface area contributed by atoms with Gasteiger partial charge in [-0.05, 0) is 38.2 Å². The van der Waals surface area contributed by atoms with E-state index in [0.29, 0.717) is 32.7 Å². The summed E-state index contributed by atoms with van der Waals surface area (Å²) in [5.41, 5.74) is 6.17. The highest BCUT2D eigenvalue weighted by Gasteiger charge is 2.44. The van der Waals surface area contributed by atoms with Crippen molar-refractivity contribution in [3.63, 3.8) is 0 Å². The number of carbonyl (C=O) groups is 1. The quantitative estimate of drug-likeness (QED) is 0.500. The number of furan rings is 1. The Morgan fingerprint density at radius 2 is 1.97 bits per heavy atom. The number of amides is 2. The lowest BCUT2D eigenvalue weighted by atomic mass is 9.73. The van der Waals surface area contributed by atoms with Crippen LogP contribution in [0.15, 0.2) is 28.7 Å². The molecule has 2 amide bonds. The molecule has 8 nitrogen and oxygen atoms in total. The van der Waals surface area contributed by atoms with Crippen LogP contribution in [0.3, 0.4) is 0 Å². The zero-order chi connectivity index (χ0) is 26.1. The normalized spacial score (nSPS) is 24.9. The molecule has 2 aliphatic heterocycles. The number of aliphatic hydroxyl groups excluding tert-OH is 1. The minimum absolute atomic E-state index is 0.111. The third-order valence-electron chi connectivity index (χ3n) is 7.88. The van der Waals surface area contributed by atoms with E-state index in [4.69, 9.17) is 14.9 Å². The summed E-state index contributed by atoms with van der Waals surface area (Å²) < 4.78 is 11.6. The van der Waals surface area contributed by atoms with E-state index in [-0.39, 0.29) is 23.9 Å². The van der Waals surface area contributed by atoms with Crippen LogP contribution < -0.4 is 5.73 Å².